The number of fused-ring (bicyclic) bond motifs is 1. The van der Waals surface area contributed by atoms with Crippen LogP contribution in [-0.4, -0.2) is 35.7 Å². The van der Waals surface area contributed by atoms with Gasteiger partial charge in [-0.15, -0.1) is 0 Å². The van der Waals surface area contributed by atoms with Crippen LogP contribution in [0.25, 0.3) is 11.7 Å². The lowest BCUT2D eigenvalue weighted by Gasteiger charge is -2.15. The Morgan fingerprint density at radius 2 is 2.19 bits per heavy atom. The van der Waals surface area contributed by atoms with Gasteiger partial charge in [-0.05, 0) is 43.5 Å². The van der Waals surface area contributed by atoms with Gasteiger partial charge in [-0.1, -0.05) is 12.1 Å². The Kier molecular flexibility index (Phi) is 4.54. The van der Waals surface area contributed by atoms with Crippen LogP contribution in [-0.2, 0) is 0 Å². The highest BCUT2D eigenvalue weighted by molar-refractivity contribution is 5.58. The minimum atomic E-state index is -0.510. The Balaban J connectivity index is 1.62. The summed E-state index contributed by atoms with van der Waals surface area (Å²) in [5, 5.41) is 18.2. The van der Waals surface area contributed by atoms with E-state index in [0.29, 0.717) is 22.2 Å². The van der Waals surface area contributed by atoms with Gasteiger partial charge in [-0.2, -0.15) is 9.61 Å². The second-order valence-corrected chi connectivity index (χ2v) is 7.60. The second kappa shape index (κ2) is 7.38. The number of halogens is 1. The van der Waals surface area contributed by atoms with Gasteiger partial charge in [0.15, 0.2) is 11.1 Å². The number of hydrogen-bond acceptors (Lipinski definition) is 6. The summed E-state index contributed by atoms with van der Waals surface area (Å²) in [6, 6.07) is 8.28. The van der Waals surface area contributed by atoms with Crippen molar-refractivity contribution in [1.82, 2.24) is 24.6 Å². The van der Waals surface area contributed by atoms with E-state index in [4.69, 9.17) is 4.99 Å². The van der Waals surface area contributed by atoms with E-state index in [9.17, 15) is 14.3 Å². The maximum Gasteiger partial charge on any atom is 0.326 e. The number of anilines is 1. The zero-order valence-corrected chi connectivity index (χ0v) is 16.6. The first-order valence-corrected chi connectivity index (χ1v) is 9.94. The molecule has 3 aromatic heterocycles. The molecule has 0 spiro atoms. The molecular formula is C21H20FN7O2. The molecule has 4 aromatic rings. The highest BCUT2D eigenvalue weighted by atomic mass is 19.1. The Hall–Kier alpha value is -3.95. The van der Waals surface area contributed by atoms with Gasteiger partial charge >= 0.3 is 5.69 Å². The molecule has 1 aromatic carbocycles. The maximum absolute atomic E-state index is 13.6. The van der Waals surface area contributed by atoms with E-state index in [1.807, 2.05) is 19.1 Å². The van der Waals surface area contributed by atoms with Crippen molar-refractivity contribution in [2.75, 3.05) is 5.32 Å². The molecule has 1 fully saturated rings. The van der Waals surface area contributed by atoms with Crippen LogP contribution in [0.2, 0.25) is 0 Å². The van der Waals surface area contributed by atoms with E-state index in [0.717, 1.165) is 18.4 Å². The molecule has 1 unspecified atom stereocenters. The summed E-state index contributed by atoms with van der Waals surface area (Å²) < 4.78 is 15.2. The molecule has 5 rings (SSSR count). The molecule has 0 bridgehead atoms. The van der Waals surface area contributed by atoms with E-state index < -0.39 is 5.69 Å². The van der Waals surface area contributed by atoms with Crippen molar-refractivity contribution in [3.05, 3.63) is 74.8 Å². The predicted octanol–water partition coefficient (Wildman–Crippen LogP) is 1.37. The highest BCUT2D eigenvalue weighted by Gasteiger charge is 2.20. The van der Waals surface area contributed by atoms with Gasteiger partial charge in [0.05, 0.1) is 18.3 Å². The van der Waals surface area contributed by atoms with Crippen LogP contribution in [0, 0.1) is 5.82 Å². The van der Waals surface area contributed by atoms with Gasteiger partial charge in [-0.25, -0.2) is 14.2 Å². The van der Waals surface area contributed by atoms with Crippen molar-refractivity contribution < 1.29 is 9.50 Å². The van der Waals surface area contributed by atoms with Crippen LogP contribution in [0.4, 0.5) is 10.2 Å². The summed E-state index contributed by atoms with van der Waals surface area (Å²) >= 11 is 0. The summed E-state index contributed by atoms with van der Waals surface area (Å²) in [5.74, 6) is -0.00111. The number of aromatic nitrogens is 5. The lowest BCUT2D eigenvalue weighted by atomic mass is 10.1. The number of aromatic hydroxyl groups is 1. The van der Waals surface area contributed by atoms with Crippen molar-refractivity contribution in [1.29, 1.82) is 0 Å². The van der Waals surface area contributed by atoms with E-state index >= 15 is 0 Å². The van der Waals surface area contributed by atoms with Crippen LogP contribution in [0.3, 0.4) is 0 Å². The zero-order valence-electron chi connectivity index (χ0n) is 16.6. The maximum atomic E-state index is 13.6. The van der Waals surface area contributed by atoms with E-state index in [1.165, 1.54) is 12.1 Å². The van der Waals surface area contributed by atoms with E-state index in [1.54, 1.807) is 22.9 Å². The van der Waals surface area contributed by atoms with E-state index in [-0.39, 0.29) is 29.5 Å². The van der Waals surface area contributed by atoms with Gasteiger partial charge in [0.1, 0.15) is 17.3 Å². The Morgan fingerprint density at radius 1 is 1.35 bits per heavy atom. The minimum absolute atomic E-state index is 0.195. The number of H-pyrrole nitrogens is 2. The summed E-state index contributed by atoms with van der Waals surface area (Å²) in [6.45, 7) is 1.92. The van der Waals surface area contributed by atoms with Crippen LogP contribution < -0.4 is 21.7 Å². The molecule has 9 nitrogen and oxygen atoms in total. The topological polar surface area (TPSA) is 123 Å². The number of hydrogen-bond donors (Lipinski definition) is 4. The fourth-order valence-electron chi connectivity index (χ4n) is 3.35. The molecule has 158 valence electrons. The Bertz CT molecular complexity index is 1450. The lowest BCUT2D eigenvalue weighted by molar-refractivity contribution is 0.454. The normalized spacial score (nSPS) is 16.2. The molecule has 10 heteroatoms. The summed E-state index contributed by atoms with van der Waals surface area (Å²) in [6.07, 6.45) is 5.25. The molecule has 1 saturated carbocycles. The largest absolute Gasteiger partial charge is 0.493 e. The standard InChI is InChI=1S/C21H20FN7O2/c1-11(12-3-2-4-14(22)7-12)24-17-9-18(25-15-5-6-15)29-19(27-17)13(10-23-29)8-16-20(30)28-21(31)26-16/h2-4,7-11,15,24,30H,5-6H2,1H3,(H2,26,28,31)/b13-8-,25-18?. The monoisotopic (exact) mass is 421 g/mol. The molecule has 1 aliphatic rings. The number of nitrogens with zero attached hydrogens (tertiary/aromatic N) is 4. The van der Waals surface area contributed by atoms with Crippen molar-refractivity contribution >= 4 is 17.5 Å². The third-order valence-corrected chi connectivity index (χ3v) is 5.09. The third-order valence-electron chi connectivity index (χ3n) is 5.09. The van der Waals surface area contributed by atoms with Gasteiger partial charge < -0.3 is 15.4 Å². The lowest BCUT2D eigenvalue weighted by Crippen LogP contribution is -2.21. The van der Waals surface area contributed by atoms with Gasteiger partial charge in [-0.3, -0.25) is 9.98 Å². The van der Waals surface area contributed by atoms with Crippen molar-refractivity contribution in [2.45, 2.75) is 31.8 Å². The number of aromatic amines is 2. The second-order valence-electron chi connectivity index (χ2n) is 7.60. The van der Waals surface area contributed by atoms with Crippen molar-refractivity contribution in [3.63, 3.8) is 0 Å². The fourth-order valence-corrected chi connectivity index (χ4v) is 3.35. The third kappa shape index (κ3) is 3.91. The quantitative estimate of drug-likeness (QED) is 0.388. The fraction of sp³-hybridized carbons (Fsp3) is 0.238. The molecule has 0 radical (unpaired) electrons. The highest BCUT2D eigenvalue weighted by Crippen LogP contribution is 2.23. The average molecular weight is 421 g/mol. The zero-order chi connectivity index (χ0) is 21.5. The summed E-state index contributed by atoms with van der Waals surface area (Å²) in [4.78, 5) is 25.6. The first-order chi connectivity index (χ1) is 15.0. The van der Waals surface area contributed by atoms with Crippen LogP contribution in [0.15, 0.2) is 46.3 Å². The summed E-state index contributed by atoms with van der Waals surface area (Å²) in [7, 11) is 0. The van der Waals surface area contributed by atoms with Crippen molar-refractivity contribution in [2.24, 2.45) is 4.99 Å². The smallest absolute Gasteiger partial charge is 0.326 e. The minimum Gasteiger partial charge on any atom is -0.493 e. The van der Waals surface area contributed by atoms with E-state index in [2.05, 4.69) is 25.4 Å². The van der Waals surface area contributed by atoms with Gasteiger partial charge in [0, 0.05) is 11.3 Å². The predicted molar refractivity (Wildman–Crippen MR) is 112 cm³/mol. The first kappa shape index (κ1) is 19.0. The van der Waals surface area contributed by atoms with Crippen LogP contribution >= 0.6 is 0 Å². The average Bonchev–Trinajstić information content (AvgIpc) is 3.37. The molecule has 0 saturated heterocycles. The van der Waals surface area contributed by atoms with Crippen LogP contribution in [0.5, 0.6) is 5.88 Å². The number of rotatable bonds is 5. The number of benzene rings is 1. The molecular weight excluding hydrogens is 401 g/mol. The Labute approximate surface area is 175 Å². The van der Waals surface area contributed by atoms with Gasteiger partial charge in [0.2, 0.25) is 5.88 Å². The first-order valence-electron chi connectivity index (χ1n) is 9.94. The number of imidazole rings is 1. The number of nitrogens with one attached hydrogen (secondary N) is 3. The van der Waals surface area contributed by atoms with Crippen LogP contribution in [0.1, 0.15) is 37.1 Å². The molecule has 1 atom stereocenters. The van der Waals surface area contributed by atoms with Crippen molar-refractivity contribution in [3.8, 4) is 5.88 Å². The summed E-state index contributed by atoms with van der Waals surface area (Å²) in [5.41, 5.74) is 1.67. The molecule has 0 amide bonds. The SMILES string of the molecule is CC(Nc1cc(=NC2CC2)n2nc/c(=C/c3[nH]c(=O)[nH]c3O)c2n1)c1cccc(F)c1. The molecule has 3 heterocycles. The van der Waals surface area contributed by atoms with Gasteiger partial charge in [0.25, 0.3) is 0 Å². The Morgan fingerprint density at radius 3 is 2.90 bits per heavy atom. The molecule has 1 aliphatic carbocycles. The molecule has 4 N–H and O–H groups in total. The molecule has 0 aliphatic heterocycles. The molecule has 31 heavy (non-hydrogen) atoms.